The van der Waals surface area contributed by atoms with Gasteiger partial charge in [0.15, 0.2) is 0 Å². The van der Waals surface area contributed by atoms with Crippen LogP contribution in [0.5, 0.6) is 0 Å². The summed E-state index contributed by atoms with van der Waals surface area (Å²) >= 11 is 0. The Balaban J connectivity index is 1.78. The molecule has 0 radical (unpaired) electrons. The van der Waals surface area contributed by atoms with Crippen LogP contribution >= 0.6 is 0 Å². The van der Waals surface area contributed by atoms with Gasteiger partial charge in [0.2, 0.25) is 0 Å². The van der Waals surface area contributed by atoms with E-state index in [-0.39, 0.29) is 0 Å². The number of aliphatic imine (C=N–C) groups is 2. The standard InChI is InChI=1S/C27H22N4/c1-17-13-15-21-19(3)25(22-16-14-18(2)29-27(22)26(21)28-17)31-24-12-8-7-11-23(24)30-20-9-5-4-6-10-20/h4-16H,1-3H3. The number of pyridine rings is 2. The van der Waals surface area contributed by atoms with Gasteiger partial charge in [0.25, 0.3) is 0 Å². The van der Waals surface area contributed by atoms with Crippen molar-refractivity contribution in [1.82, 2.24) is 9.97 Å². The van der Waals surface area contributed by atoms with Crippen molar-refractivity contribution in [1.29, 1.82) is 0 Å². The van der Waals surface area contributed by atoms with E-state index in [0.29, 0.717) is 0 Å². The number of aryl methyl sites for hydroxylation is 3. The molecule has 2 aromatic heterocycles. The smallest absolute Gasteiger partial charge is 0.0989 e. The highest BCUT2D eigenvalue weighted by Crippen LogP contribution is 2.37. The molecule has 0 spiro atoms. The first kappa shape index (κ1) is 19.1. The number of para-hydroxylation sites is 1. The number of fused-ring (bicyclic) bond motifs is 3. The highest BCUT2D eigenvalue weighted by molar-refractivity contribution is 6.52. The van der Waals surface area contributed by atoms with Gasteiger partial charge in [-0.3, -0.25) is 9.97 Å². The van der Waals surface area contributed by atoms with Crippen LogP contribution in [0.2, 0.25) is 0 Å². The molecule has 0 saturated carbocycles. The SMILES string of the molecule is Cc1ccc2c(C)c(N=C3C=CC=CC3=Nc3ccccc3)c3ccc(C)nc3c2n1. The van der Waals surface area contributed by atoms with Crippen LogP contribution in [-0.4, -0.2) is 21.4 Å². The first-order valence-corrected chi connectivity index (χ1v) is 10.3. The van der Waals surface area contributed by atoms with E-state index in [2.05, 4.69) is 19.1 Å². The van der Waals surface area contributed by atoms with E-state index in [1.54, 1.807) is 0 Å². The molecule has 1 aliphatic carbocycles. The molecule has 150 valence electrons. The number of nitrogens with zero attached hydrogens (tertiary/aromatic N) is 4. The third-order valence-corrected chi connectivity index (χ3v) is 5.43. The lowest BCUT2D eigenvalue weighted by atomic mass is 10.0. The monoisotopic (exact) mass is 402 g/mol. The molecule has 0 fully saturated rings. The van der Waals surface area contributed by atoms with Crippen molar-refractivity contribution in [2.24, 2.45) is 9.98 Å². The van der Waals surface area contributed by atoms with Crippen molar-refractivity contribution in [3.05, 3.63) is 95.9 Å². The largest absolute Gasteiger partial charge is 0.251 e. The van der Waals surface area contributed by atoms with Crippen LogP contribution in [-0.2, 0) is 0 Å². The number of benzene rings is 2. The van der Waals surface area contributed by atoms with Crippen LogP contribution in [0, 0.1) is 20.8 Å². The van der Waals surface area contributed by atoms with E-state index in [0.717, 1.165) is 61.6 Å². The molecule has 2 aromatic carbocycles. The van der Waals surface area contributed by atoms with Gasteiger partial charge in [-0.1, -0.05) is 36.4 Å². The number of rotatable bonds is 2. The van der Waals surface area contributed by atoms with Gasteiger partial charge >= 0.3 is 0 Å². The minimum Gasteiger partial charge on any atom is -0.251 e. The third kappa shape index (κ3) is 3.57. The summed E-state index contributed by atoms with van der Waals surface area (Å²) in [5.41, 5.74) is 8.34. The second-order valence-electron chi connectivity index (χ2n) is 7.72. The number of hydrogen-bond acceptors (Lipinski definition) is 4. The van der Waals surface area contributed by atoms with Crippen LogP contribution in [0.3, 0.4) is 0 Å². The fourth-order valence-electron chi connectivity index (χ4n) is 3.86. The maximum atomic E-state index is 5.11. The topological polar surface area (TPSA) is 50.5 Å². The zero-order chi connectivity index (χ0) is 21.4. The summed E-state index contributed by atoms with van der Waals surface area (Å²) in [5.74, 6) is 0. The van der Waals surface area contributed by atoms with E-state index >= 15 is 0 Å². The molecule has 4 nitrogen and oxygen atoms in total. The van der Waals surface area contributed by atoms with Gasteiger partial charge in [0.1, 0.15) is 0 Å². The second kappa shape index (κ2) is 7.73. The molecule has 0 aliphatic heterocycles. The van der Waals surface area contributed by atoms with Gasteiger partial charge in [-0.2, -0.15) is 0 Å². The summed E-state index contributed by atoms with van der Waals surface area (Å²) in [6.45, 7) is 6.12. The van der Waals surface area contributed by atoms with Gasteiger partial charge in [-0.05, 0) is 68.8 Å². The lowest BCUT2D eigenvalue weighted by molar-refractivity contribution is 1.22. The summed E-state index contributed by atoms with van der Waals surface area (Å²) in [5, 5.41) is 2.08. The van der Waals surface area contributed by atoms with Crippen LogP contribution in [0.15, 0.2) is 88.9 Å². The molecule has 0 saturated heterocycles. The summed E-state index contributed by atoms with van der Waals surface area (Å²) in [4.78, 5) is 19.6. The number of allylic oxidation sites excluding steroid dienone is 4. The van der Waals surface area contributed by atoms with Crippen LogP contribution in [0.1, 0.15) is 17.0 Å². The average molecular weight is 403 g/mol. The Morgan fingerprint density at radius 3 is 1.87 bits per heavy atom. The quantitative estimate of drug-likeness (QED) is 0.277. The fraction of sp³-hybridized carbons (Fsp3) is 0.111. The van der Waals surface area contributed by atoms with Crippen molar-refractivity contribution in [3.63, 3.8) is 0 Å². The highest BCUT2D eigenvalue weighted by Gasteiger charge is 2.16. The Morgan fingerprint density at radius 1 is 0.613 bits per heavy atom. The predicted molar refractivity (Wildman–Crippen MR) is 130 cm³/mol. The lowest BCUT2D eigenvalue weighted by Gasteiger charge is -2.13. The molecule has 1 aliphatic rings. The Labute approximate surface area is 181 Å². The molecule has 0 atom stereocenters. The molecule has 0 bridgehead atoms. The summed E-state index contributed by atoms with van der Waals surface area (Å²) in [6, 6.07) is 18.2. The maximum absolute atomic E-state index is 5.11. The van der Waals surface area contributed by atoms with Crippen molar-refractivity contribution >= 4 is 44.6 Å². The van der Waals surface area contributed by atoms with Crippen molar-refractivity contribution in [3.8, 4) is 0 Å². The third-order valence-electron chi connectivity index (χ3n) is 5.43. The zero-order valence-electron chi connectivity index (χ0n) is 17.8. The maximum Gasteiger partial charge on any atom is 0.0989 e. The first-order valence-electron chi connectivity index (χ1n) is 10.3. The van der Waals surface area contributed by atoms with Gasteiger partial charge in [0.05, 0.1) is 33.8 Å². The predicted octanol–water partition coefficient (Wildman–Crippen LogP) is 6.68. The number of aromatic nitrogens is 2. The van der Waals surface area contributed by atoms with Crippen LogP contribution in [0.25, 0.3) is 21.8 Å². The van der Waals surface area contributed by atoms with Gasteiger partial charge in [0, 0.05) is 22.2 Å². The summed E-state index contributed by atoms with van der Waals surface area (Å²) in [6.07, 6.45) is 7.99. The van der Waals surface area contributed by atoms with Crippen LogP contribution < -0.4 is 0 Å². The van der Waals surface area contributed by atoms with E-state index in [1.807, 2.05) is 80.6 Å². The molecule has 4 heteroatoms. The van der Waals surface area contributed by atoms with Gasteiger partial charge < -0.3 is 0 Å². The van der Waals surface area contributed by atoms with E-state index in [1.165, 1.54) is 0 Å². The Morgan fingerprint density at radius 2 is 1.19 bits per heavy atom. The average Bonchev–Trinajstić information content (AvgIpc) is 2.78. The summed E-state index contributed by atoms with van der Waals surface area (Å²) < 4.78 is 0. The molecular weight excluding hydrogens is 380 g/mol. The van der Waals surface area contributed by atoms with Gasteiger partial charge in [-0.25, -0.2) is 9.98 Å². The van der Waals surface area contributed by atoms with Crippen LogP contribution in [0.4, 0.5) is 11.4 Å². The molecular formula is C27H22N4. The second-order valence-corrected chi connectivity index (χ2v) is 7.72. The normalized spacial score (nSPS) is 16.1. The highest BCUT2D eigenvalue weighted by atomic mass is 14.8. The molecule has 31 heavy (non-hydrogen) atoms. The zero-order valence-corrected chi connectivity index (χ0v) is 17.8. The number of hydrogen-bond donors (Lipinski definition) is 0. The van der Waals surface area contributed by atoms with E-state index in [4.69, 9.17) is 20.0 Å². The van der Waals surface area contributed by atoms with Gasteiger partial charge in [-0.15, -0.1) is 0 Å². The summed E-state index contributed by atoms with van der Waals surface area (Å²) in [7, 11) is 0. The minimum absolute atomic E-state index is 0.829. The lowest BCUT2D eigenvalue weighted by Crippen LogP contribution is -2.11. The molecule has 2 heterocycles. The van der Waals surface area contributed by atoms with Crippen molar-refractivity contribution in [2.75, 3.05) is 0 Å². The molecule has 5 rings (SSSR count). The Bertz CT molecular complexity index is 1440. The minimum atomic E-state index is 0.829. The molecule has 0 amide bonds. The Hall–Kier alpha value is -3.92. The fourth-order valence-corrected chi connectivity index (χ4v) is 3.86. The molecule has 0 N–H and O–H groups in total. The van der Waals surface area contributed by atoms with E-state index < -0.39 is 0 Å². The van der Waals surface area contributed by atoms with Crippen molar-refractivity contribution < 1.29 is 0 Å². The first-order chi connectivity index (χ1) is 15.1. The molecule has 0 unspecified atom stereocenters. The molecule has 4 aromatic rings. The van der Waals surface area contributed by atoms with E-state index in [9.17, 15) is 0 Å². The van der Waals surface area contributed by atoms with Crippen molar-refractivity contribution in [2.45, 2.75) is 20.8 Å². The Kier molecular flexibility index (Phi) is 4.75.